The van der Waals surface area contributed by atoms with Crippen LogP contribution < -0.4 is 9.80 Å². The van der Waals surface area contributed by atoms with Gasteiger partial charge in [-0.3, -0.25) is 0 Å². The van der Waals surface area contributed by atoms with Crippen molar-refractivity contribution in [2.75, 3.05) is 36.0 Å². The molecule has 0 amide bonds. The minimum absolute atomic E-state index is 0.687. The molecular weight excluding hydrogens is 300 g/mol. The van der Waals surface area contributed by atoms with Gasteiger partial charge in [0.2, 0.25) is 0 Å². The third-order valence-electron chi connectivity index (χ3n) is 4.41. The number of aromatic nitrogens is 1. The van der Waals surface area contributed by atoms with Gasteiger partial charge in [0.05, 0.1) is 11.3 Å². The van der Waals surface area contributed by atoms with Crippen molar-refractivity contribution in [1.82, 2.24) is 4.98 Å². The molecule has 2 aromatic carbocycles. The highest BCUT2D eigenvalue weighted by Crippen LogP contribution is 2.25. The highest BCUT2D eigenvalue weighted by molar-refractivity contribution is 5.74. The molecule has 120 valence electrons. The van der Waals surface area contributed by atoms with Crippen LogP contribution in [0.3, 0.4) is 0 Å². The van der Waals surface area contributed by atoms with Crippen molar-refractivity contribution in [2.45, 2.75) is 6.42 Å². The second-order valence-corrected chi connectivity index (χ2v) is 5.92. The van der Waals surface area contributed by atoms with Crippen LogP contribution in [0.2, 0.25) is 0 Å². The summed E-state index contributed by atoms with van der Waals surface area (Å²) in [7, 11) is 0. The van der Waals surface area contributed by atoms with Gasteiger partial charge in [-0.05, 0) is 30.7 Å². The van der Waals surface area contributed by atoms with Gasteiger partial charge < -0.3 is 14.2 Å². The third kappa shape index (κ3) is 2.67. The molecule has 1 fully saturated rings. The van der Waals surface area contributed by atoms with Gasteiger partial charge >= 0.3 is 0 Å². The van der Waals surface area contributed by atoms with E-state index in [1.807, 2.05) is 48.5 Å². The van der Waals surface area contributed by atoms with Crippen molar-refractivity contribution >= 4 is 22.8 Å². The lowest BCUT2D eigenvalue weighted by molar-refractivity contribution is 0.571. The molecule has 24 heavy (non-hydrogen) atoms. The van der Waals surface area contributed by atoms with Gasteiger partial charge in [0, 0.05) is 26.2 Å². The molecule has 3 aromatic rings. The van der Waals surface area contributed by atoms with Crippen molar-refractivity contribution in [3.63, 3.8) is 0 Å². The van der Waals surface area contributed by atoms with Crippen molar-refractivity contribution < 1.29 is 4.42 Å². The quantitative estimate of drug-likeness (QED) is 0.724. The van der Waals surface area contributed by atoms with Gasteiger partial charge in [-0.25, -0.2) is 0 Å². The van der Waals surface area contributed by atoms with Crippen LogP contribution in [0, 0.1) is 11.3 Å². The summed E-state index contributed by atoms with van der Waals surface area (Å²) in [5, 5.41) is 9.32. The maximum absolute atomic E-state index is 9.32. The molecule has 0 saturated carbocycles. The minimum atomic E-state index is 0.687. The number of anilines is 2. The summed E-state index contributed by atoms with van der Waals surface area (Å²) in [4.78, 5) is 9.07. The Hall–Kier alpha value is -3.00. The van der Waals surface area contributed by atoms with Crippen molar-refractivity contribution in [3.8, 4) is 6.07 Å². The third-order valence-corrected chi connectivity index (χ3v) is 4.41. The standard InChI is InChI=1S/C19H18N4O/c20-14-15-6-1-3-8-17(15)22-10-5-11-23(13-12-22)19-21-16-7-2-4-9-18(16)24-19/h1-4,6-9H,5,10-13H2. The summed E-state index contributed by atoms with van der Waals surface area (Å²) < 4.78 is 5.89. The summed E-state index contributed by atoms with van der Waals surface area (Å²) in [5.41, 5.74) is 3.46. The summed E-state index contributed by atoms with van der Waals surface area (Å²) in [6.07, 6.45) is 0.999. The Morgan fingerprint density at radius 1 is 0.917 bits per heavy atom. The molecule has 0 atom stereocenters. The van der Waals surface area contributed by atoms with Crippen LogP contribution in [0.15, 0.2) is 52.9 Å². The minimum Gasteiger partial charge on any atom is -0.423 e. The number of para-hydroxylation sites is 3. The summed E-state index contributed by atoms with van der Waals surface area (Å²) in [6.45, 7) is 3.50. The van der Waals surface area contributed by atoms with E-state index < -0.39 is 0 Å². The van der Waals surface area contributed by atoms with Crippen LogP contribution in [0.1, 0.15) is 12.0 Å². The first kappa shape index (κ1) is 14.6. The second-order valence-electron chi connectivity index (χ2n) is 5.92. The summed E-state index contributed by atoms with van der Waals surface area (Å²) in [5.74, 6) is 0. The Morgan fingerprint density at radius 2 is 1.67 bits per heavy atom. The molecule has 0 unspecified atom stereocenters. The van der Waals surface area contributed by atoms with Crippen LogP contribution in [0.5, 0.6) is 0 Å². The van der Waals surface area contributed by atoms with Crippen molar-refractivity contribution in [1.29, 1.82) is 5.26 Å². The maximum Gasteiger partial charge on any atom is 0.298 e. The van der Waals surface area contributed by atoms with E-state index in [0.29, 0.717) is 6.01 Å². The highest BCUT2D eigenvalue weighted by atomic mass is 16.4. The first-order valence-electron chi connectivity index (χ1n) is 8.20. The Bertz CT molecular complexity index is 863. The summed E-state index contributed by atoms with van der Waals surface area (Å²) >= 11 is 0. The van der Waals surface area contributed by atoms with Crippen LogP contribution in [0.4, 0.5) is 11.7 Å². The Labute approximate surface area is 140 Å². The molecule has 0 spiro atoms. The number of benzene rings is 2. The van der Waals surface area contributed by atoms with Crippen molar-refractivity contribution in [3.05, 3.63) is 54.1 Å². The molecule has 0 aliphatic carbocycles. The van der Waals surface area contributed by atoms with Crippen LogP contribution >= 0.6 is 0 Å². The Morgan fingerprint density at radius 3 is 2.54 bits per heavy atom. The fourth-order valence-corrected chi connectivity index (χ4v) is 3.19. The van der Waals surface area contributed by atoms with E-state index in [0.717, 1.165) is 55.0 Å². The van der Waals surface area contributed by atoms with Gasteiger partial charge in [-0.15, -0.1) is 0 Å². The van der Waals surface area contributed by atoms with Crippen LogP contribution in [-0.4, -0.2) is 31.2 Å². The van der Waals surface area contributed by atoms with Gasteiger partial charge in [0.1, 0.15) is 11.6 Å². The molecule has 2 heterocycles. The fraction of sp³-hybridized carbons (Fsp3) is 0.263. The molecular formula is C19H18N4O. The van der Waals surface area contributed by atoms with Crippen molar-refractivity contribution in [2.24, 2.45) is 0 Å². The van der Waals surface area contributed by atoms with E-state index in [-0.39, 0.29) is 0 Å². The smallest absolute Gasteiger partial charge is 0.298 e. The van der Waals surface area contributed by atoms with Crippen LogP contribution in [-0.2, 0) is 0 Å². The molecule has 5 nitrogen and oxygen atoms in total. The Kier molecular flexibility index (Phi) is 3.80. The number of nitrogens with zero attached hydrogens (tertiary/aromatic N) is 4. The van der Waals surface area contributed by atoms with Gasteiger partial charge in [-0.2, -0.15) is 10.2 Å². The Balaban J connectivity index is 1.55. The summed E-state index contributed by atoms with van der Waals surface area (Å²) in [6, 6.07) is 18.6. The van der Waals surface area contributed by atoms with Crippen LogP contribution in [0.25, 0.3) is 11.1 Å². The number of nitriles is 1. The topological polar surface area (TPSA) is 56.3 Å². The van der Waals surface area contributed by atoms with E-state index in [1.165, 1.54) is 0 Å². The predicted octanol–water partition coefficient (Wildman–Crippen LogP) is 3.42. The zero-order valence-electron chi connectivity index (χ0n) is 13.4. The first-order valence-corrected chi connectivity index (χ1v) is 8.20. The molecule has 4 rings (SSSR count). The average Bonchev–Trinajstić information content (AvgIpc) is 2.91. The highest BCUT2D eigenvalue weighted by Gasteiger charge is 2.20. The number of rotatable bonds is 2. The lowest BCUT2D eigenvalue weighted by Crippen LogP contribution is -2.31. The average molecular weight is 318 g/mol. The molecule has 1 saturated heterocycles. The van der Waals surface area contributed by atoms with E-state index in [2.05, 4.69) is 20.9 Å². The molecule has 1 aromatic heterocycles. The lowest BCUT2D eigenvalue weighted by atomic mass is 10.1. The molecule has 0 bridgehead atoms. The molecule has 5 heteroatoms. The van der Waals surface area contributed by atoms with E-state index >= 15 is 0 Å². The SMILES string of the molecule is N#Cc1ccccc1N1CCCN(c2nc3ccccc3o2)CC1. The molecule has 1 aliphatic rings. The monoisotopic (exact) mass is 318 g/mol. The number of hydrogen-bond donors (Lipinski definition) is 0. The molecule has 0 radical (unpaired) electrons. The largest absolute Gasteiger partial charge is 0.423 e. The zero-order valence-corrected chi connectivity index (χ0v) is 13.4. The molecule has 0 N–H and O–H groups in total. The van der Waals surface area contributed by atoms with E-state index in [9.17, 15) is 5.26 Å². The number of oxazole rings is 1. The lowest BCUT2D eigenvalue weighted by Gasteiger charge is -2.24. The first-order chi connectivity index (χ1) is 11.8. The zero-order chi connectivity index (χ0) is 16.4. The normalized spacial score (nSPS) is 15.3. The molecule has 1 aliphatic heterocycles. The predicted molar refractivity (Wildman–Crippen MR) is 94.2 cm³/mol. The fourth-order valence-electron chi connectivity index (χ4n) is 3.19. The van der Waals surface area contributed by atoms with Gasteiger partial charge in [-0.1, -0.05) is 24.3 Å². The van der Waals surface area contributed by atoms with E-state index in [4.69, 9.17) is 4.42 Å². The van der Waals surface area contributed by atoms with Gasteiger partial charge in [0.25, 0.3) is 6.01 Å². The maximum atomic E-state index is 9.32. The van der Waals surface area contributed by atoms with Gasteiger partial charge in [0.15, 0.2) is 5.58 Å². The second kappa shape index (κ2) is 6.25. The number of hydrogen-bond acceptors (Lipinski definition) is 5. The number of fused-ring (bicyclic) bond motifs is 1. The van der Waals surface area contributed by atoms with E-state index in [1.54, 1.807) is 0 Å².